The molecule has 1 fully saturated rings. The van der Waals surface area contributed by atoms with Crippen LogP contribution in [0.4, 0.5) is 0 Å². The van der Waals surface area contributed by atoms with Crippen molar-refractivity contribution in [2.45, 2.75) is 38.2 Å². The van der Waals surface area contributed by atoms with Gasteiger partial charge in [0.05, 0.1) is 12.2 Å². The lowest BCUT2D eigenvalue weighted by Crippen LogP contribution is -2.07. The zero-order chi connectivity index (χ0) is 10.7. The van der Waals surface area contributed by atoms with Gasteiger partial charge in [-0.2, -0.15) is 0 Å². The second kappa shape index (κ2) is 4.23. The van der Waals surface area contributed by atoms with Gasteiger partial charge < -0.3 is 9.84 Å². The van der Waals surface area contributed by atoms with E-state index in [2.05, 4.69) is 12.1 Å². The van der Waals surface area contributed by atoms with Crippen LogP contribution in [0.15, 0.2) is 24.3 Å². The van der Waals surface area contributed by atoms with E-state index in [1.807, 2.05) is 19.1 Å². The summed E-state index contributed by atoms with van der Waals surface area (Å²) in [5, 5.41) is 9.73. The standard InChI is InChI=1S/C13H18O2/c1-2-15-12-5-3-4-11(10-12)6-7-13(14)8-9-13/h3-5,10,14H,2,6-9H2,1H3. The summed E-state index contributed by atoms with van der Waals surface area (Å²) in [6.45, 7) is 2.69. The first-order valence-corrected chi connectivity index (χ1v) is 5.66. The van der Waals surface area contributed by atoms with Crippen molar-refractivity contribution in [1.29, 1.82) is 0 Å². The molecule has 0 heterocycles. The predicted molar refractivity (Wildman–Crippen MR) is 60.1 cm³/mol. The first-order valence-electron chi connectivity index (χ1n) is 5.66. The Hall–Kier alpha value is -1.02. The normalized spacial score (nSPS) is 17.5. The molecule has 0 aliphatic heterocycles. The lowest BCUT2D eigenvalue weighted by molar-refractivity contribution is 0.140. The van der Waals surface area contributed by atoms with Gasteiger partial charge in [-0.1, -0.05) is 12.1 Å². The van der Waals surface area contributed by atoms with E-state index < -0.39 is 0 Å². The third-order valence-corrected chi connectivity index (χ3v) is 2.92. The third kappa shape index (κ3) is 2.96. The van der Waals surface area contributed by atoms with E-state index in [4.69, 9.17) is 4.74 Å². The minimum atomic E-state index is -0.346. The lowest BCUT2D eigenvalue weighted by atomic mass is 10.1. The topological polar surface area (TPSA) is 29.5 Å². The number of ether oxygens (including phenoxy) is 1. The van der Waals surface area contributed by atoms with Gasteiger partial charge in [0.2, 0.25) is 0 Å². The second-order valence-corrected chi connectivity index (χ2v) is 4.30. The minimum absolute atomic E-state index is 0.346. The van der Waals surface area contributed by atoms with E-state index >= 15 is 0 Å². The van der Waals surface area contributed by atoms with Crippen molar-refractivity contribution in [2.75, 3.05) is 6.61 Å². The molecule has 1 aromatic carbocycles. The smallest absolute Gasteiger partial charge is 0.119 e. The maximum absolute atomic E-state index is 9.73. The van der Waals surface area contributed by atoms with Gasteiger partial charge in [0.25, 0.3) is 0 Å². The average Bonchev–Trinajstić information content (AvgIpc) is 2.96. The summed E-state index contributed by atoms with van der Waals surface area (Å²) in [5.74, 6) is 0.929. The van der Waals surface area contributed by atoms with Gasteiger partial charge in [0.15, 0.2) is 0 Å². The summed E-state index contributed by atoms with van der Waals surface area (Å²) in [6.07, 6.45) is 3.76. The molecule has 0 atom stereocenters. The molecule has 2 nitrogen and oxygen atoms in total. The van der Waals surface area contributed by atoms with Crippen LogP contribution in [0, 0.1) is 0 Å². The molecule has 0 amide bonds. The highest BCUT2D eigenvalue weighted by Crippen LogP contribution is 2.39. The number of benzene rings is 1. The molecular weight excluding hydrogens is 188 g/mol. The molecule has 2 rings (SSSR count). The van der Waals surface area contributed by atoms with Crippen molar-refractivity contribution in [2.24, 2.45) is 0 Å². The Balaban J connectivity index is 1.92. The summed E-state index contributed by atoms with van der Waals surface area (Å²) in [6, 6.07) is 8.14. The van der Waals surface area contributed by atoms with Gasteiger partial charge in [-0.15, -0.1) is 0 Å². The number of rotatable bonds is 5. The van der Waals surface area contributed by atoms with Crippen LogP contribution in [0.3, 0.4) is 0 Å². The Morgan fingerprint density at radius 3 is 2.87 bits per heavy atom. The van der Waals surface area contributed by atoms with Crippen LogP contribution < -0.4 is 4.74 Å². The van der Waals surface area contributed by atoms with Crippen LogP contribution in [0.25, 0.3) is 0 Å². The molecule has 0 spiro atoms. The van der Waals surface area contributed by atoms with Crippen LogP contribution in [-0.2, 0) is 6.42 Å². The van der Waals surface area contributed by atoms with E-state index in [9.17, 15) is 5.11 Å². The fraction of sp³-hybridized carbons (Fsp3) is 0.538. The fourth-order valence-corrected chi connectivity index (χ4v) is 1.73. The number of aliphatic hydroxyl groups is 1. The molecule has 1 aliphatic rings. The zero-order valence-electron chi connectivity index (χ0n) is 9.20. The Kier molecular flexibility index (Phi) is 2.96. The number of hydrogen-bond acceptors (Lipinski definition) is 2. The van der Waals surface area contributed by atoms with Gasteiger partial charge in [-0.3, -0.25) is 0 Å². The van der Waals surface area contributed by atoms with E-state index in [-0.39, 0.29) is 5.60 Å². The highest BCUT2D eigenvalue weighted by molar-refractivity contribution is 5.28. The van der Waals surface area contributed by atoms with Crippen LogP contribution in [0.1, 0.15) is 31.7 Å². The molecule has 1 N–H and O–H groups in total. The van der Waals surface area contributed by atoms with Crippen molar-refractivity contribution < 1.29 is 9.84 Å². The maximum atomic E-state index is 9.73. The van der Waals surface area contributed by atoms with Gasteiger partial charge >= 0.3 is 0 Å². The highest BCUT2D eigenvalue weighted by atomic mass is 16.5. The molecular formula is C13H18O2. The SMILES string of the molecule is CCOc1cccc(CCC2(O)CC2)c1. The zero-order valence-corrected chi connectivity index (χ0v) is 9.20. The van der Waals surface area contributed by atoms with Gasteiger partial charge in [-0.25, -0.2) is 0 Å². The Morgan fingerprint density at radius 2 is 2.20 bits per heavy atom. The van der Waals surface area contributed by atoms with Crippen molar-refractivity contribution in [1.82, 2.24) is 0 Å². The first-order chi connectivity index (χ1) is 7.22. The van der Waals surface area contributed by atoms with Crippen LogP contribution in [0.5, 0.6) is 5.75 Å². The van der Waals surface area contributed by atoms with Crippen LogP contribution >= 0.6 is 0 Å². The second-order valence-electron chi connectivity index (χ2n) is 4.30. The van der Waals surface area contributed by atoms with E-state index in [0.717, 1.165) is 31.4 Å². The molecule has 0 saturated heterocycles. The van der Waals surface area contributed by atoms with Gasteiger partial charge in [0.1, 0.15) is 5.75 Å². The fourth-order valence-electron chi connectivity index (χ4n) is 1.73. The summed E-state index contributed by atoms with van der Waals surface area (Å²) in [7, 11) is 0. The quantitative estimate of drug-likeness (QED) is 0.802. The maximum Gasteiger partial charge on any atom is 0.119 e. The molecule has 2 heteroatoms. The predicted octanol–water partition coefficient (Wildman–Crippen LogP) is 2.54. The lowest BCUT2D eigenvalue weighted by Gasteiger charge is -2.08. The van der Waals surface area contributed by atoms with Crippen LogP contribution in [0.2, 0.25) is 0 Å². The summed E-state index contributed by atoms with van der Waals surface area (Å²) in [5.41, 5.74) is 0.906. The van der Waals surface area contributed by atoms with Gasteiger partial charge in [0, 0.05) is 0 Å². The molecule has 0 bridgehead atoms. The Bertz CT molecular complexity index is 329. The van der Waals surface area contributed by atoms with Crippen LogP contribution in [-0.4, -0.2) is 17.3 Å². The Morgan fingerprint density at radius 1 is 1.40 bits per heavy atom. The monoisotopic (exact) mass is 206 g/mol. The van der Waals surface area contributed by atoms with E-state index in [0.29, 0.717) is 6.61 Å². The van der Waals surface area contributed by atoms with Crippen molar-refractivity contribution in [3.63, 3.8) is 0 Å². The summed E-state index contributed by atoms with van der Waals surface area (Å²) < 4.78 is 5.43. The summed E-state index contributed by atoms with van der Waals surface area (Å²) >= 11 is 0. The molecule has 0 radical (unpaired) electrons. The van der Waals surface area contributed by atoms with Crippen molar-refractivity contribution in [3.8, 4) is 5.75 Å². The molecule has 1 aliphatic carbocycles. The average molecular weight is 206 g/mol. The van der Waals surface area contributed by atoms with Crippen molar-refractivity contribution in [3.05, 3.63) is 29.8 Å². The summed E-state index contributed by atoms with van der Waals surface area (Å²) in [4.78, 5) is 0. The number of hydrogen-bond donors (Lipinski definition) is 1. The van der Waals surface area contributed by atoms with E-state index in [1.165, 1.54) is 5.56 Å². The largest absolute Gasteiger partial charge is 0.494 e. The first kappa shape index (κ1) is 10.5. The van der Waals surface area contributed by atoms with Crippen molar-refractivity contribution >= 4 is 0 Å². The third-order valence-electron chi connectivity index (χ3n) is 2.92. The van der Waals surface area contributed by atoms with E-state index in [1.54, 1.807) is 0 Å². The molecule has 1 saturated carbocycles. The Labute approximate surface area is 90.9 Å². The molecule has 82 valence electrons. The molecule has 15 heavy (non-hydrogen) atoms. The molecule has 1 aromatic rings. The molecule has 0 unspecified atom stereocenters. The minimum Gasteiger partial charge on any atom is -0.494 e. The van der Waals surface area contributed by atoms with Gasteiger partial charge in [-0.05, 0) is 50.3 Å². The highest BCUT2D eigenvalue weighted by Gasteiger charge is 2.39. The number of aryl methyl sites for hydroxylation is 1. The molecule has 0 aromatic heterocycles.